The lowest BCUT2D eigenvalue weighted by Gasteiger charge is -1.96. The number of ketones is 1. The summed E-state index contributed by atoms with van der Waals surface area (Å²) in [5, 5.41) is 0. The van der Waals surface area contributed by atoms with Crippen LogP contribution in [0.5, 0.6) is 0 Å². The average Bonchev–Trinajstić information content (AvgIpc) is 2.38. The molecule has 2 aromatic carbocycles. The van der Waals surface area contributed by atoms with Crippen LogP contribution in [0.1, 0.15) is 22.8 Å². The second kappa shape index (κ2) is 5.21. The number of carbonyl (C=O) groups is 1. The zero-order valence-corrected chi connectivity index (χ0v) is 9.63. The lowest BCUT2D eigenvalue weighted by Crippen LogP contribution is -1.89. The van der Waals surface area contributed by atoms with E-state index in [2.05, 4.69) is 4.99 Å². The first-order chi connectivity index (χ1) is 8.25. The van der Waals surface area contributed by atoms with E-state index in [0.717, 1.165) is 11.3 Å². The summed E-state index contributed by atoms with van der Waals surface area (Å²) >= 11 is 0. The quantitative estimate of drug-likeness (QED) is 0.577. The highest BCUT2D eigenvalue weighted by molar-refractivity contribution is 5.94. The summed E-state index contributed by atoms with van der Waals surface area (Å²) in [6, 6.07) is 17.2. The molecule has 2 nitrogen and oxygen atoms in total. The van der Waals surface area contributed by atoms with Gasteiger partial charge in [0.15, 0.2) is 5.78 Å². The molecule has 0 unspecified atom stereocenters. The van der Waals surface area contributed by atoms with Gasteiger partial charge in [0, 0.05) is 11.8 Å². The Labute approximate surface area is 101 Å². The summed E-state index contributed by atoms with van der Waals surface area (Å²) in [5.41, 5.74) is 2.62. The van der Waals surface area contributed by atoms with Crippen LogP contribution in [-0.2, 0) is 0 Å². The standard InChI is InChI=1S/C15H13NO/c1-12(17)14-7-9-15(10-8-14)16-11-13-5-3-2-4-6-13/h2-11H,1H3. The maximum absolute atomic E-state index is 11.1. The Kier molecular flexibility index (Phi) is 3.46. The Morgan fingerprint density at radius 2 is 1.65 bits per heavy atom. The molecule has 0 saturated heterocycles. The number of hydrogen-bond donors (Lipinski definition) is 0. The largest absolute Gasteiger partial charge is 0.295 e. The van der Waals surface area contributed by atoms with Gasteiger partial charge in [0.2, 0.25) is 0 Å². The van der Waals surface area contributed by atoms with Crippen LogP contribution in [0.15, 0.2) is 59.6 Å². The first-order valence-electron chi connectivity index (χ1n) is 5.46. The lowest BCUT2D eigenvalue weighted by atomic mass is 10.1. The molecule has 0 saturated carbocycles. The number of hydrogen-bond acceptors (Lipinski definition) is 2. The third kappa shape index (κ3) is 3.11. The Bertz CT molecular complexity index is 527. The maximum atomic E-state index is 11.1. The summed E-state index contributed by atoms with van der Waals surface area (Å²) in [6.07, 6.45) is 1.81. The third-order valence-corrected chi connectivity index (χ3v) is 2.44. The van der Waals surface area contributed by atoms with Crippen molar-refractivity contribution < 1.29 is 4.79 Å². The Balaban J connectivity index is 2.14. The zero-order chi connectivity index (χ0) is 12.1. The monoisotopic (exact) mass is 223 g/mol. The Morgan fingerprint density at radius 1 is 1.00 bits per heavy atom. The average molecular weight is 223 g/mol. The first-order valence-corrected chi connectivity index (χ1v) is 5.46. The van der Waals surface area contributed by atoms with Gasteiger partial charge in [-0.15, -0.1) is 0 Å². The summed E-state index contributed by atoms with van der Waals surface area (Å²) in [4.78, 5) is 15.4. The SMILES string of the molecule is CC(=O)c1ccc(N=Cc2ccccc2)cc1. The molecule has 0 radical (unpaired) electrons. The summed E-state index contributed by atoms with van der Waals surface area (Å²) in [6.45, 7) is 1.56. The van der Waals surface area contributed by atoms with Crippen molar-refractivity contribution in [2.75, 3.05) is 0 Å². The van der Waals surface area contributed by atoms with Gasteiger partial charge in [0.1, 0.15) is 0 Å². The van der Waals surface area contributed by atoms with E-state index < -0.39 is 0 Å². The molecule has 0 atom stereocenters. The predicted molar refractivity (Wildman–Crippen MR) is 70.1 cm³/mol. The van der Waals surface area contributed by atoms with E-state index in [1.54, 1.807) is 19.1 Å². The summed E-state index contributed by atoms with van der Waals surface area (Å²) < 4.78 is 0. The van der Waals surface area contributed by atoms with Crippen molar-refractivity contribution in [1.29, 1.82) is 0 Å². The van der Waals surface area contributed by atoms with Gasteiger partial charge < -0.3 is 0 Å². The molecule has 0 aromatic heterocycles. The van der Waals surface area contributed by atoms with Crippen molar-refractivity contribution in [3.63, 3.8) is 0 Å². The van der Waals surface area contributed by atoms with Crippen LogP contribution in [0.25, 0.3) is 0 Å². The minimum atomic E-state index is 0.0728. The summed E-state index contributed by atoms with van der Waals surface area (Å²) in [7, 11) is 0. The number of Topliss-reactive ketones (excluding diaryl/α,β-unsaturated/α-hetero) is 1. The molecule has 0 spiro atoms. The smallest absolute Gasteiger partial charge is 0.159 e. The minimum absolute atomic E-state index is 0.0728. The van der Waals surface area contributed by atoms with Crippen LogP contribution in [0, 0.1) is 0 Å². The van der Waals surface area contributed by atoms with Gasteiger partial charge in [-0.3, -0.25) is 9.79 Å². The van der Waals surface area contributed by atoms with Crippen molar-refractivity contribution in [2.24, 2.45) is 4.99 Å². The molecule has 2 heteroatoms. The molecule has 0 heterocycles. The molecule has 0 bridgehead atoms. The molecule has 0 amide bonds. The maximum Gasteiger partial charge on any atom is 0.159 e. The highest BCUT2D eigenvalue weighted by Crippen LogP contribution is 2.13. The Hall–Kier alpha value is -2.22. The van der Waals surface area contributed by atoms with E-state index in [4.69, 9.17) is 0 Å². The second-order valence-corrected chi connectivity index (χ2v) is 3.77. The molecule has 84 valence electrons. The van der Waals surface area contributed by atoms with Gasteiger partial charge in [-0.05, 0) is 36.8 Å². The number of rotatable bonds is 3. The summed E-state index contributed by atoms with van der Waals surface area (Å²) in [5.74, 6) is 0.0728. The van der Waals surface area contributed by atoms with E-state index >= 15 is 0 Å². The van der Waals surface area contributed by atoms with Crippen molar-refractivity contribution in [1.82, 2.24) is 0 Å². The fraction of sp³-hybridized carbons (Fsp3) is 0.0667. The first kappa shape index (κ1) is 11.3. The highest BCUT2D eigenvalue weighted by Gasteiger charge is 1.97. The van der Waals surface area contributed by atoms with Crippen LogP contribution in [-0.4, -0.2) is 12.0 Å². The molecule has 2 rings (SSSR count). The number of carbonyl (C=O) groups excluding carboxylic acids is 1. The number of aliphatic imine (C=N–C) groups is 1. The molecule has 0 aliphatic heterocycles. The lowest BCUT2D eigenvalue weighted by molar-refractivity contribution is 0.101. The molecule has 17 heavy (non-hydrogen) atoms. The molecular formula is C15H13NO. The van der Waals surface area contributed by atoms with Crippen molar-refractivity contribution >= 4 is 17.7 Å². The molecular weight excluding hydrogens is 210 g/mol. The van der Waals surface area contributed by atoms with Gasteiger partial charge >= 0.3 is 0 Å². The fourth-order valence-electron chi connectivity index (χ4n) is 1.47. The van der Waals surface area contributed by atoms with Gasteiger partial charge in [0.25, 0.3) is 0 Å². The van der Waals surface area contributed by atoms with Gasteiger partial charge in [0.05, 0.1) is 5.69 Å². The third-order valence-electron chi connectivity index (χ3n) is 2.44. The van der Waals surface area contributed by atoms with Crippen molar-refractivity contribution in [2.45, 2.75) is 6.92 Å². The van der Waals surface area contributed by atoms with Gasteiger partial charge in [-0.1, -0.05) is 30.3 Å². The molecule has 0 aliphatic carbocycles. The normalized spacial score (nSPS) is 10.6. The van der Waals surface area contributed by atoms with E-state index in [1.165, 1.54) is 0 Å². The van der Waals surface area contributed by atoms with Crippen LogP contribution >= 0.6 is 0 Å². The Morgan fingerprint density at radius 3 is 2.24 bits per heavy atom. The van der Waals surface area contributed by atoms with Crippen LogP contribution in [0.3, 0.4) is 0 Å². The van der Waals surface area contributed by atoms with Crippen LogP contribution in [0.4, 0.5) is 5.69 Å². The predicted octanol–water partition coefficient (Wildman–Crippen LogP) is 3.64. The van der Waals surface area contributed by atoms with Gasteiger partial charge in [-0.25, -0.2) is 0 Å². The van der Waals surface area contributed by atoms with E-state index in [1.807, 2.05) is 48.7 Å². The van der Waals surface area contributed by atoms with Crippen molar-refractivity contribution in [3.05, 3.63) is 65.7 Å². The van der Waals surface area contributed by atoms with Gasteiger partial charge in [-0.2, -0.15) is 0 Å². The molecule has 2 aromatic rings. The van der Waals surface area contributed by atoms with E-state index in [9.17, 15) is 4.79 Å². The topological polar surface area (TPSA) is 29.4 Å². The minimum Gasteiger partial charge on any atom is -0.295 e. The fourth-order valence-corrected chi connectivity index (χ4v) is 1.47. The van der Waals surface area contributed by atoms with E-state index in [0.29, 0.717) is 5.56 Å². The molecule has 0 fully saturated rings. The number of nitrogens with zero attached hydrogens (tertiary/aromatic N) is 1. The number of benzene rings is 2. The van der Waals surface area contributed by atoms with E-state index in [-0.39, 0.29) is 5.78 Å². The van der Waals surface area contributed by atoms with Crippen LogP contribution < -0.4 is 0 Å². The molecule has 0 aliphatic rings. The highest BCUT2D eigenvalue weighted by atomic mass is 16.1. The zero-order valence-electron chi connectivity index (χ0n) is 9.63. The van der Waals surface area contributed by atoms with Crippen molar-refractivity contribution in [3.8, 4) is 0 Å². The molecule has 0 N–H and O–H groups in total. The van der Waals surface area contributed by atoms with Crippen LogP contribution in [0.2, 0.25) is 0 Å². The second-order valence-electron chi connectivity index (χ2n) is 3.77.